The minimum atomic E-state index is -0.105. The van der Waals surface area contributed by atoms with Gasteiger partial charge in [-0.3, -0.25) is 9.59 Å². The molecule has 6 heteroatoms. The van der Waals surface area contributed by atoms with E-state index >= 15 is 0 Å². The van der Waals surface area contributed by atoms with E-state index < -0.39 is 0 Å². The number of imidazole rings is 1. The van der Waals surface area contributed by atoms with Crippen molar-refractivity contribution in [3.8, 4) is 0 Å². The predicted molar refractivity (Wildman–Crippen MR) is 92.6 cm³/mol. The van der Waals surface area contributed by atoms with Crippen molar-refractivity contribution in [1.82, 2.24) is 19.4 Å². The molecule has 3 fully saturated rings. The first kappa shape index (κ1) is 15.9. The lowest BCUT2D eigenvalue weighted by molar-refractivity contribution is -0.140. The summed E-state index contributed by atoms with van der Waals surface area (Å²) in [5.41, 5.74) is 1.13. The monoisotopic (exact) mass is 338 g/mol. The highest BCUT2D eigenvalue weighted by atomic mass is 16.2. The number of piperidine rings is 1. The quantitative estimate of drug-likeness (QED) is 0.856. The molecule has 5 rings (SSSR count). The van der Waals surface area contributed by atoms with Gasteiger partial charge in [0.25, 0.3) is 5.91 Å². The number of amides is 2. The van der Waals surface area contributed by atoms with Crippen molar-refractivity contribution in [2.75, 3.05) is 13.1 Å². The number of carbonyl (C=O) groups excluding carboxylic acids is 2. The Bertz CT molecular complexity index is 786. The molecule has 3 saturated heterocycles. The SMILES string of the molecule is Cn1ccnc1C(=O)N1C[C@H]2CC[C@@H](C1)N(Cc1ccccc1)C2=O. The van der Waals surface area contributed by atoms with E-state index in [4.69, 9.17) is 0 Å². The minimum Gasteiger partial charge on any atom is -0.333 e. The summed E-state index contributed by atoms with van der Waals surface area (Å²) < 4.78 is 1.73. The second kappa shape index (κ2) is 6.35. The first-order chi connectivity index (χ1) is 12.1. The summed E-state index contributed by atoms with van der Waals surface area (Å²) in [4.78, 5) is 33.7. The van der Waals surface area contributed by atoms with Crippen LogP contribution in [0.4, 0.5) is 0 Å². The van der Waals surface area contributed by atoms with Gasteiger partial charge in [-0.05, 0) is 18.4 Å². The van der Waals surface area contributed by atoms with Crippen LogP contribution in [0.15, 0.2) is 42.7 Å². The summed E-state index contributed by atoms with van der Waals surface area (Å²) in [5, 5.41) is 0. The predicted octanol–water partition coefficient (Wildman–Crippen LogP) is 1.68. The van der Waals surface area contributed by atoms with Gasteiger partial charge in [0.1, 0.15) is 0 Å². The highest BCUT2D eigenvalue weighted by Gasteiger charge is 2.42. The Labute approximate surface area is 147 Å². The topological polar surface area (TPSA) is 58.4 Å². The first-order valence-corrected chi connectivity index (χ1v) is 8.74. The second-order valence-electron chi connectivity index (χ2n) is 6.95. The molecule has 6 nitrogen and oxygen atoms in total. The highest BCUT2D eigenvalue weighted by Crippen LogP contribution is 2.31. The summed E-state index contributed by atoms with van der Waals surface area (Å²) in [6.45, 7) is 1.69. The highest BCUT2D eigenvalue weighted by molar-refractivity contribution is 5.92. The van der Waals surface area contributed by atoms with Crippen molar-refractivity contribution in [2.45, 2.75) is 25.4 Å². The summed E-state index contributed by atoms with van der Waals surface area (Å²) in [6.07, 6.45) is 5.21. The van der Waals surface area contributed by atoms with Gasteiger partial charge in [0, 0.05) is 45.1 Å². The normalized spacial score (nSPS) is 23.0. The average Bonchev–Trinajstić information content (AvgIpc) is 2.87. The zero-order valence-corrected chi connectivity index (χ0v) is 14.3. The molecule has 0 radical (unpaired) electrons. The maximum atomic E-state index is 12.9. The molecular weight excluding hydrogens is 316 g/mol. The summed E-state index contributed by atoms with van der Waals surface area (Å²) >= 11 is 0. The number of hydrogen-bond donors (Lipinski definition) is 0. The molecule has 3 aliphatic heterocycles. The Morgan fingerprint density at radius 1 is 1.20 bits per heavy atom. The van der Waals surface area contributed by atoms with Gasteiger partial charge in [-0.1, -0.05) is 30.3 Å². The number of hydrogen-bond acceptors (Lipinski definition) is 3. The molecule has 0 unspecified atom stereocenters. The third-order valence-corrected chi connectivity index (χ3v) is 5.29. The molecular formula is C19H22N4O2. The maximum Gasteiger partial charge on any atom is 0.289 e. The Kier molecular flexibility index (Phi) is 4.03. The van der Waals surface area contributed by atoms with Gasteiger partial charge in [-0.2, -0.15) is 0 Å². The van der Waals surface area contributed by atoms with Crippen LogP contribution in [0.25, 0.3) is 0 Å². The third kappa shape index (κ3) is 2.92. The third-order valence-electron chi connectivity index (χ3n) is 5.29. The summed E-state index contributed by atoms with van der Waals surface area (Å²) in [6, 6.07) is 10.1. The molecule has 25 heavy (non-hydrogen) atoms. The minimum absolute atomic E-state index is 0.0793. The summed E-state index contributed by atoms with van der Waals surface area (Å²) in [7, 11) is 1.82. The lowest BCUT2D eigenvalue weighted by Crippen LogP contribution is -2.47. The van der Waals surface area contributed by atoms with Gasteiger partial charge in [0.2, 0.25) is 5.91 Å². The molecule has 2 atom stereocenters. The van der Waals surface area contributed by atoms with E-state index in [0.29, 0.717) is 25.5 Å². The van der Waals surface area contributed by atoms with Crippen LogP contribution in [-0.2, 0) is 18.4 Å². The lowest BCUT2D eigenvalue weighted by atomic mass is 9.93. The van der Waals surface area contributed by atoms with Crippen LogP contribution in [0.5, 0.6) is 0 Å². The fraction of sp³-hybridized carbons (Fsp3) is 0.421. The molecule has 4 heterocycles. The van der Waals surface area contributed by atoms with Crippen LogP contribution in [0.2, 0.25) is 0 Å². The molecule has 0 N–H and O–H groups in total. The van der Waals surface area contributed by atoms with Gasteiger partial charge in [-0.25, -0.2) is 4.98 Å². The number of fused-ring (bicyclic) bond motifs is 4. The number of nitrogens with zero attached hydrogens (tertiary/aromatic N) is 4. The Hall–Kier alpha value is -2.63. The zero-order chi connectivity index (χ0) is 17.4. The molecule has 2 bridgehead atoms. The van der Waals surface area contributed by atoms with Crippen molar-refractivity contribution in [3.63, 3.8) is 0 Å². The molecule has 1 aromatic carbocycles. The number of aromatic nitrogens is 2. The zero-order valence-electron chi connectivity index (χ0n) is 14.3. The van der Waals surface area contributed by atoms with E-state index in [1.54, 1.807) is 17.0 Å². The van der Waals surface area contributed by atoms with E-state index in [1.165, 1.54) is 0 Å². The Balaban J connectivity index is 1.56. The number of rotatable bonds is 3. The van der Waals surface area contributed by atoms with Crippen molar-refractivity contribution in [2.24, 2.45) is 13.0 Å². The van der Waals surface area contributed by atoms with Crippen LogP contribution < -0.4 is 0 Å². The van der Waals surface area contributed by atoms with Crippen molar-refractivity contribution < 1.29 is 9.59 Å². The van der Waals surface area contributed by atoms with Gasteiger partial charge in [0.15, 0.2) is 5.82 Å². The van der Waals surface area contributed by atoms with Gasteiger partial charge >= 0.3 is 0 Å². The average molecular weight is 338 g/mol. The molecule has 0 aliphatic carbocycles. The van der Waals surface area contributed by atoms with Crippen LogP contribution in [0, 0.1) is 5.92 Å². The van der Waals surface area contributed by atoms with E-state index in [9.17, 15) is 9.59 Å². The fourth-order valence-electron chi connectivity index (χ4n) is 3.91. The Morgan fingerprint density at radius 2 is 2.00 bits per heavy atom. The molecule has 0 spiro atoms. The van der Waals surface area contributed by atoms with E-state index in [1.807, 2.05) is 47.2 Å². The molecule has 3 aliphatic rings. The molecule has 130 valence electrons. The van der Waals surface area contributed by atoms with Crippen LogP contribution in [0.1, 0.15) is 29.0 Å². The van der Waals surface area contributed by atoms with Crippen LogP contribution in [-0.4, -0.2) is 50.3 Å². The van der Waals surface area contributed by atoms with Crippen LogP contribution >= 0.6 is 0 Å². The van der Waals surface area contributed by atoms with E-state index in [0.717, 1.165) is 18.4 Å². The molecule has 2 aromatic rings. The molecule has 0 saturated carbocycles. The number of benzene rings is 1. The largest absolute Gasteiger partial charge is 0.333 e. The molecule has 2 amide bonds. The van der Waals surface area contributed by atoms with Crippen molar-refractivity contribution >= 4 is 11.8 Å². The van der Waals surface area contributed by atoms with Gasteiger partial charge in [-0.15, -0.1) is 0 Å². The van der Waals surface area contributed by atoms with Gasteiger partial charge < -0.3 is 14.4 Å². The number of aryl methyl sites for hydroxylation is 1. The van der Waals surface area contributed by atoms with Crippen molar-refractivity contribution in [3.05, 3.63) is 54.1 Å². The van der Waals surface area contributed by atoms with Crippen molar-refractivity contribution in [1.29, 1.82) is 0 Å². The standard InChI is InChI=1S/C19H22N4O2/c1-21-10-9-20-17(21)19(25)22-12-15-7-8-16(13-22)23(18(15)24)11-14-5-3-2-4-6-14/h2-6,9-10,15-16H,7-8,11-13H2,1H3/t15-,16+/m1/s1. The van der Waals surface area contributed by atoms with Crippen LogP contribution in [0.3, 0.4) is 0 Å². The number of carbonyl (C=O) groups is 2. The smallest absolute Gasteiger partial charge is 0.289 e. The summed E-state index contributed by atoms with van der Waals surface area (Å²) in [5.74, 6) is 0.420. The maximum absolute atomic E-state index is 12.9. The lowest BCUT2D eigenvalue weighted by Gasteiger charge is -2.36. The molecule has 1 aromatic heterocycles. The second-order valence-corrected chi connectivity index (χ2v) is 6.95. The Morgan fingerprint density at radius 3 is 2.72 bits per heavy atom. The van der Waals surface area contributed by atoms with E-state index in [-0.39, 0.29) is 23.8 Å². The fourth-order valence-corrected chi connectivity index (χ4v) is 3.91. The van der Waals surface area contributed by atoms with Gasteiger partial charge in [0.05, 0.1) is 5.92 Å². The van der Waals surface area contributed by atoms with E-state index in [2.05, 4.69) is 4.98 Å². The first-order valence-electron chi connectivity index (χ1n) is 8.74.